The lowest BCUT2D eigenvalue weighted by molar-refractivity contribution is -0.113. The number of amides is 1. The number of aromatic nitrogens is 1. The van der Waals surface area contributed by atoms with Crippen LogP contribution in [0.5, 0.6) is 5.75 Å². The Morgan fingerprint density at radius 1 is 1.21 bits per heavy atom. The van der Waals surface area contributed by atoms with Gasteiger partial charge >= 0.3 is 0 Å². The summed E-state index contributed by atoms with van der Waals surface area (Å²) >= 11 is 2.75. The van der Waals surface area contributed by atoms with Crippen molar-refractivity contribution in [3.8, 4) is 5.75 Å². The number of ether oxygens (including phenoxy) is 1. The minimum Gasteiger partial charge on any atom is -0.497 e. The molecule has 0 atom stereocenters. The Morgan fingerprint density at radius 3 is 2.79 bits per heavy atom. The fourth-order valence-electron chi connectivity index (χ4n) is 2.31. The predicted octanol–water partition coefficient (Wildman–Crippen LogP) is 3.80. The number of nitrogens with zero attached hydrogens (tertiary/aromatic N) is 1. The molecule has 0 unspecified atom stereocenters. The SMILES string of the molecule is CCS(=O)(=O)Nc1ccc2nc(SCC(=O)Nc3cccc(OC)c3)sc2c1. The second-order valence-electron chi connectivity index (χ2n) is 5.74. The van der Waals surface area contributed by atoms with E-state index in [2.05, 4.69) is 15.0 Å². The standard InChI is InChI=1S/C18H19N3O4S3/c1-3-28(23,24)21-13-7-8-15-16(10-13)27-18(20-15)26-11-17(22)19-12-5-4-6-14(9-12)25-2/h4-10,21H,3,11H2,1-2H3,(H,19,22). The van der Waals surface area contributed by atoms with Crippen LogP contribution in [0.2, 0.25) is 0 Å². The number of methoxy groups -OCH3 is 1. The van der Waals surface area contributed by atoms with Crippen molar-refractivity contribution in [2.24, 2.45) is 0 Å². The maximum Gasteiger partial charge on any atom is 0.234 e. The van der Waals surface area contributed by atoms with Crippen molar-refractivity contribution >= 4 is 60.6 Å². The van der Waals surface area contributed by atoms with Crippen LogP contribution in [0, 0.1) is 0 Å². The van der Waals surface area contributed by atoms with Crippen molar-refractivity contribution in [3.05, 3.63) is 42.5 Å². The van der Waals surface area contributed by atoms with E-state index in [1.807, 2.05) is 0 Å². The number of carbonyl (C=O) groups is 1. The summed E-state index contributed by atoms with van der Waals surface area (Å²) in [6.07, 6.45) is 0. The van der Waals surface area contributed by atoms with Crippen LogP contribution in [0.15, 0.2) is 46.8 Å². The largest absolute Gasteiger partial charge is 0.497 e. The summed E-state index contributed by atoms with van der Waals surface area (Å²) in [6.45, 7) is 1.58. The van der Waals surface area contributed by atoms with Gasteiger partial charge in [0, 0.05) is 11.8 Å². The number of benzene rings is 2. The molecule has 0 aliphatic rings. The number of anilines is 2. The number of fused-ring (bicyclic) bond motifs is 1. The van der Waals surface area contributed by atoms with E-state index < -0.39 is 10.0 Å². The van der Waals surface area contributed by atoms with Crippen molar-refractivity contribution in [1.29, 1.82) is 0 Å². The number of hydrogen-bond donors (Lipinski definition) is 2. The zero-order valence-electron chi connectivity index (χ0n) is 15.3. The highest BCUT2D eigenvalue weighted by Gasteiger charge is 2.11. The maximum atomic E-state index is 12.2. The highest BCUT2D eigenvalue weighted by atomic mass is 32.2. The molecule has 0 spiro atoms. The van der Waals surface area contributed by atoms with Gasteiger partial charge in [0.05, 0.1) is 34.5 Å². The number of rotatable bonds is 8. The van der Waals surface area contributed by atoms with Crippen molar-refractivity contribution in [2.45, 2.75) is 11.3 Å². The van der Waals surface area contributed by atoms with E-state index in [9.17, 15) is 13.2 Å². The van der Waals surface area contributed by atoms with Crippen molar-refractivity contribution in [1.82, 2.24) is 4.98 Å². The van der Waals surface area contributed by atoms with Crippen LogP contribution >= 0.6 is 23.1 Å². The summed E-state index contributed by atoms with van der Waals surface area (Å²) in [7, 11) is -1.75. The Hall–Kier alpha value is -2.30. The van der Waals surface area contributed by atoms with Crippen LogP contribution < -0.4 is 14.8 Å². The van der Waals surface area contributed by atoms with Crippen LogP contribution in [-0.4, -0.2) is 37.9 Å². The van der Waals surface area contributed by atoms with Gasteiger partial charge in [-0.2, -0.15) is 0 Å². The molecule has 1 heterocycles. The molecule has 148 valence electrons. The number of nitrogens with one attached hydrogen (secondary N) is 2. The van der Waals surface area contributed by atoms with Gasteiger partial charge in [0.2, 0.25) is 15.9 Å². The number of hydrogen-bond acceptors (Lipinski definition) is 7. The third-order valence-corrected chi connectivity index (χ3v) is 7.17. The normalized spacial score (nSPS) is 11.4. The summed E-state index contributed by atoms with van der Waals surface area (Å²) in [5.41, 5.74) is 1.94. The predicted molar refractivity (Wildman–Crippen MR) is 115 cm³/mol. The molecule has 0 saturated heterocycles. The molecular weight excluding hydrogens is 418 g/mol. The zero-order chi connectivity index (χ0) is 20.1. The molecule has 0 radical (unpaired) electrons. The van der Waals surface area contributed by atoms with Crippen LogP contribution in [0.1, 0.15) is 6.92 Å². The van der Waals surface area contributed by atoms with Gasteiger partial charge in [-0.25, -0.2) is 13.4 Å². The summed E-state index contributed by atoms with van der Waals surface area (Å²) in [4.78, 5) is 16.7. The van der Waals surface area contributed by atoms with E-state index >= 15 is 0 Å². The van der Waals surface area contributed by atoms with Gasteiger partial charge in [0.1, 0.15) is 5.75 Å². The lowest BCUT2D eigenvalue weighted by Crippen LogP contribution is -2.14. The first-order chi connectivity index (χ1) is 13.4. The minimum absolute atomic E-state index is 0.0111. The Kier molecular flexibility index (Phi) is 6.42. The number of carbonyl (C=O) groups excluding carboxylic acids is 1. The molecule has 0 aliphatic heterocycles. The smallest absolute Gasteiger partial charge is 0.234 e. The molecule has 10 heteroatoms. The van der Waals surface area contributed by atoms with E-state index in [0.717, 1.165) is 14.6 Å². The van der Waals surface area contributed by atoms with E-state index in [1.54, 1.807) is 56.5 Å². The minimum atomic E-state index is -3.32. The second-order valence-corrected chi connectivity index (χ2v) is 10.0. The van der Waals surface area contributed by atoms with Crippen molar-refractivity contribution < 1.29 is 17.9 Å². The van der Waals surface area contributed by atoms with Gasteiger partial charge in [-0.1, -0.05) is 17.8 Å². The molecule has 0 bridgehead atoms. The molecule has 0 aliphatic carbocycles. The second kappa shape index (κ2) is 8.80. The lowest BCUT2D eigenvalue weighted by atomic mass is 10.3. The Bertz CT molecular complexity index is 1100. The maximum absolute atomic E-state index is 12.2. The Morgan fingerprint density at radius 2 is 2.04 bits per heavy atom. The molecule has 3 aromatic rings. The van der Waals surface area contributed by atoms with Crippen LogP contribution in [-0.2, 0) is 14.8 Å². The fraction of sp³-hybridized carbons (Fsp3) is 0.222. The first-order valence-corrected chi connectivity index (χ1v) is 11.8. The Labute approximate surface area is 171 Å². The van der Waals surface area contributed by atoms with Gasteiger partial charge in [0.15, 0.2) is 4.34 Å². The Balaban J connectivity index is 1.63. The first-order valence-electron chi connectivity index (χ1n) is 8.36. The monoisotopic (exact) mass is 437 g/mol. The molecule has 2 aromatic carbocycles. The van der Waals surface area contributed by atoms with Gasteiger partial charge in [0.25, 0.3) is 0 Å². The first kappa shape index (κ1) is 20.4. The molecule has 0 fully saturated rings. The molecule has 0 saturated carbocycles. The number of thiazole rings is 1. The average molecular weight is 438 g/mol. The molecular formula is C18H19N3O4S3. The van der Waals surface area contributed by atoms with Crippen LogP contribution in [0.4, 0.5) is 11.4 Å². The molecule has 7 nitrogen and oxygen atoms in total. The van der Waals surface area contributed by atoms with Gasteiger partial charge in [-0.15, -0.1) is 11.3 Å². The van der Waals surface area contributed by atoms with E-state index in [0.29, 0.717) is 17.1 Å². The van der Waals surface area contributed by atoms with Gasteiger partial charge in [-0.3, -0.25) is 9.52 Å². The van der Waals surface area contributed by atoms with E-state index in [-0.39, 0.29) is 17.4 Å². The lowest BCUT2D eigenvalue weighted by Gasteiger charge is -2.06. The van der Waals surface area contributed by atoms with Crippen molar-refractivity contribution in [3.63, 3.8) is 0 Å². The van der Waals surface area contributed by atoms with Gasteiger partial charge < -0.3 is 10.1 Å². The molecule has 1 amide bonds. The highest BCUT2D eigenvalue weighted by molar-refractivity contribution is 8.01. The zero-order valence-corrected chi connectivity index (χ0v) is 17.7. The topological polar surface area (TPSA) is 97.4 Å². The third-order valence-electron chi connectivity index (χ3n) is 3.70. The van der Waals surface area contributed by atoms with Crippen LogP contribution in [0.25, 0.3) is 10.2 Å². The third kappa shape index (κ3) is 5.37. The summed E-state index contributed by atoms with van der Waals surface area (Å²) < 4.78 is 32.7. The van der Waals surface area contributed by atoms with Gasteiger partial charge in [-0.05, 0) is 37.3 Å². The average Bonchev–Trinajstić information content (AvgIpc) is 3.08. The van der Waals surface area contributed by atoms with E-state index in [4.69, 9.17) is 4.74 Å². The van der Waals surface area contributed by atoms with E-state index in [1.165, 1.54) is 23.1 Å². The summed E-state index contributed by atoms with van der Waals surface area (Å²) in [5, 5.41) is 2.82. The molecule has 3 rings (SSSR count). The molecule has 2 N–H and O–H groups in total. The summed E-state index contributed by atoms with van der Waals surface area (Å²) in [5.74, 6) is 0.754. The summed E-state index contributed by atoms with van der Waals surface area (Å²) in [6, 6.07) is 12.3. The number of thioether (sulfide) groups is 1. The molecule has 28 heavy (non-hydrogen) atoms. The van der Waals surface area contributed by atoms with Crippen molar-refractivity contribution in [2.75, 3.05) is 28.7 Å². The fourth-order valence-corrected chi connectivity index (χ4v) is 4.84. The number of sulfonamides is 1. The molecule has 1 aromatic heterocycles. The highest BCUT2D eigenvalue weighted by Crippen LogP contribution is 2.31. The quantitative estimate of drug-likeness (QED) is 0.520. The van der Waals surface area contributed by atoms with Crippen LogP contribution in [0.3, 0.4) is 0 Å².